The van der Waals surface area contributed by atoms with Crippen LogP contribution in [0.5, 0.6) is 0 Å². The fourth-order valence-electron chi connectivity index (χ4n) is 4.94. The molecular formula is C37H38N4O6S2. The van der Waals surface area contributed by atoms with E-state index >= 15 is 0 Å². The standard InChI is InChI=1S/C37H38N4O6S2/c1-28-9-15-32(16-10-28)25-40(48(43,44)35-19-11-29(2)12-20-35)26-34-18-17-33(47-34)23-38-39-37(42)27-41(24-31-7-5-4-6-8-31)49(45,46)36-21-13-30(3)14-22-36/h4-23H,24-27H2,1-3H3,(H,39,42)/b38-23-. The van der Waals surface area contributed by atoms with Crippen molar-refractivity contribution in [1.29, 1.82) is 0 Å². The van der Waals surface area contributed by atoms with Crippen molar-refractivity contribution < 1.29 is 26.0 Å². The lowest BCUT2D eigenvalue weighted by molar-refractivity contribution is -0.121. The van der Waals surface area contributed by atoms with E-state index in [-0.39, 0.29) is 35.2 Å². The predicted molar refractivity (Wildman–Crippen MR) is 188 cm³/mol. The van der Waals surface area contributed by atoms with Gasteiger partial charge in [0.1, 0.15) is 11.5 Å². The van der Waals surface area contributed by atoms with E-state index in [0.717, 1.165) is 32.1 Å². The van der Waals surface area contributed by atoms with Crippen LogP contribution in [0.3, 0.4) is 0 Å². The first-order chi connectivity index (χ1) is 23.4. The van der Waals surface area contributed by atoms with Crippen LogP contribution in [0.1, 0.15) is 39.3 Å². The maximum absolute atomic E-state index is 13.7. The van der Waals surface area contributed by atoms with Gasteiger partial charge in [0.05, 0.1) is 29.1 Å². The number of hydrogen-bond donors (Lipinski definition) is 1. The minimum Gasteiger partial charge on any atom is -0.459 e. The normalized spacial score (nSPS) is 12.2. The van der Waals surface area contributed by atoms with Crippen LogP contribution in [0, 0.1) is 20.8 Å². The van der Waals surface area contributed by atoms with Gasteiger partial charge in [-0.25, -0.2) is 22.3 Å². The van der Waals surface area contributed by atoms with E-state index in [0.29, 0.717) is 5.76 Å². The summed E-state index contributed by atoms with van der Waals surface area (Å²) in [6, 6.07) is 33.0. The van der Waals surface area contributed by atoms with Gasteiger partial charge in [0, 0.05) is 13.1 Å². The topological polar surface area (TPSA) is 129 Å². The second kappa shape index (κ2) is 15.6. The first-order valence-corrected chi connectivity index (χ1v) is 18.4. The van der Waals surface area contributed by atoms with Crippen LogP contribution >= 0.6 is 0 Å². The Bertz CT molecular complexity index is 2110. The average Bonchev–Trinajstić information content (AvgIpc) is 3.53. The summed E-state index contributed by atoms with van der Waals surface area (Å²) < 4.78 is 62.8. The minimum absolute atomic E-state index is 0.0136. The molecule has 0 fully saturated rings. The first kappa shape index (κ1) is 35.4. The molecule has 254 valence electrons. The van der Waals surface area contributed by atoms with E-state index in [4.69, 9.17) is 4.42 Å². The highest BCUT2D eigenvalue weighted by atomic mass is 32.2. The molecule has 1 amide bonds. The maximum Gasteiger partial charge on any atom is 0.255 e. The molecule has 12 heteroatoms. The third kappa shape index (κ3) is 9.39. The Labute approximate surface area is 287 Å². The minimum atomic E-state index is -4.01. The van der Waals surface area contributed by atoms with Gasteiger partial charge in [-0.05, 0) is 68.3 Å². The van der Waals surface area contributed by atoms with Gasteiger partial charge in [0.25, 0.3) is 5.91 Å². The Hall–Kier alpha value is -4.88. The summed E-state index contributed by atoms with van der Waals surface area (Å²) in [6.45, 7) is 5.31. The van der Waals surface area contributed by atoms with Crippen LogP contribution in [-0.4, -0.2) is 44.1 Å². The summed E-state index contributed by atoms with van der Waals surface area (Å²) in [4.78, 5) is 13.2. The SMILES string of the molecule is Cc1ccc(CN(Cc2ccc(/C=N\NC(=O)CN(Cc3ccccc3)S(=O)(=O)c3ccc(C)cc3)o2)S(=O)(=O)c2ccc(C)cc2)cc1. The molecule has 1 aromatic heterocycles. The largest absolute Gasteiger partial charge is 0.459 e. The van der Waals surface area contributed by atoms with Crippen LogP contribution in [0.25, 0.3) is 0 Å². The molecule has 5 rings (SSSR count). The maximum atomic E-state index is 13.7. The molecule has 0 radical (unpaired) electrons. The third-order valence-corrected chi connectivity index (χ3v) is 11.3. The zero-order chi connectivity index (χ0) is 35.0. The van der Waals surface area contributed by atoms with Crippen molar-refractivity contribution >= 4 is 32.2 Å². The smallest absolute Gasteiger partial charge is 0.255 e. The molecule has 4 aromatic carbocycles. The lowest BCUT2D eigenvalue weighted by Crippen LogP contribution is -2.39. The molecule has 0 saturated heterocycles. The Kier molecular flexibility index (Phi) is 11.2. The molecule has 1 heterocycles. The van der Waals surface area contributed by atoms with Gasteiger partial charge in [0.2, 0.25) is 20.0 Å². The van der Waals surface area contributed by atoms with Gasteiger partial charge in [-0.1, -0.05) is 95.6 Å². The van der Waals surface area contributed by atoms with Crippen LogP contribution in [0.2, 0.25) is 0 Å². The number of amides is 1. The number of nitrogens with one attached hydrogen (secondary N) is 1. The summed E-state index contributed by atoms with van der Waals surface area (Å²) in [5.74, 6) is -0.0105. The third-order valence-electron chi connectivity index (χ3n) is 7.71. The number of hydrazone groups is 1. The Morgan fingerprint density at radius 1 is 0.633 bits per heavy atom. The lowest BCUT2D eigenvalue weighted by Gasteiger charge is -2.22. The summed E-state index contributed by atoms with van der Waals surface area (Å²) in [5.41, 5.74) is 6.84. The number of carbonyl (C=O) groups is 1. The molecular weight excluding hydrogens is 661 g/mol. The number of carbonyl (C=O) groups excluding carboxylic acids is 1. The highest BCUT2D eigenvalue weighted by Gasteiger charge is 2.28. The number of benzene rings is 4. The van der Waals surface area contributed by atoms with E-state index in [1.54, 1.807) is 72.8 Å². The Balaban J connectivity index is 1.28. The van der Waals surface area contributed by atoms with Gasteiger partial charge in [-0.2, -0.15) is 13.7 Å². The first-order valence-electron chi connectivity index (χ1n) is 15.5. The zero-order valence-electron chi connectivity index (χ0n) is 27.5. The molecule has 5 aromatic rings. The van der Waals surface area contributed by atoms with Crippen LogP contribution in [0.15, 0.2) is 135 Å². The van der Waals surface area contributed by atoms with E-state index in [2.05, 4.69) is 10.5 Å². The molecule has 0 spiro atoms. The van der Waals surface area contributed by atoms with Gasteiger partial charge in [-0.15, -0.1) is 0 Å². The van der Waals surface area contributed by atoms with Crippen molar-refractivity contribution in [3.05, 3.63) is 155 Å². The summed E-state index contributed by atoms with van der Waals surface area (Å²) in [5, 5.41) is 3.97. The molecule has 49 heavy (non-hydrogen) atoms. The van der Waals surface area contributed by atoms with Crippen LogP contribution in [0.4, 0.5) is 0 Å². The summed E-state index contributed by atoms with van der Waals surface area (Å²) in [6.07, 6.45) is 1.27. The number of aryl methyl sites for hydroxylation is 3. The van der Waals surface area contributed by atoms with Crippen LogP contribution in [-0.2, 0) is 44.5 Å². The molecule has 0 atom stereocenters. The van der Waals surface area contributed by atoms with Crippen molar-refractivity contribution in [1.82, 2.24) is 14.0 Å². The molecule has 10 nitrogen and oxygen atoms in total. The van der Waals surface area contributed by atoms with Crippen molar-refractivity contribution in [2.24, 2.45) is 5.10 Å². The molecule has 1 N–H and O–H groups in total. The van der Waals surface area contributed by atoms with Crippen molar-refractivity contribution in [2.45, 2.75) is 50.2 Å². The molecule has 0 aliphatic heterocycles. The van der Waals surface area contributed by atoms with Crippen molar-refractivity contribution in [3.63, 3.8) is 0 Å². The molecule has 0 aliphatic rings. The number of nitrogens with zero attached hydrogens (tertiary/aromatic N) is 3. The highest BCUT2D eigenvalue weighted by molar-refractivity contribution is 7.89. The zero-order valence-corrected chi connectivity index (χ0v) is 29.1. The Morgan fingerprint density at radius 3 is 1.69 bits per heavy atom. The number of hydrogen-bond acceptors (Lipinski definition) is 7. The fourth-order valence-corrected chi connectivity index (χ4v) is 7.72. The highest BCUT2D eigenvalue weighted by Crippen LogP contribution is 2.23. The van der Waals surface area contributed by atoms with Crippen molar-refractivity contribution in [3.8, 4) is 0 Å². The van der Waals surface area contributed by atoms with Crippen molar-refractivity contribution in [2.75, 3.05) is 6.54 Å². The van der Waals surface area contributed by atoms with Gasteiger partial charge >= 0.3 is 0 Å². The molecule has 0 saturated carbocycles. The number of sulfonamides is 2. The number of furan rings is 1. The van der Waals surface area contributed by atoms with Crippen LogP contribution < -0.4 is 5.43 Å². The van der Waals surface area contributed by atoms with E-state index in [1.807, 2.05) is 51.1 Å². The van der Waals surface area contributed by atoms with Gasteiger partial charge in [-0.3, -0.25) is 4.79 Å². The van der Waals surface area contributed by atoms with E-state index in [9.17, 15) is 21.6 Å². The van der Waals surface area contributed by atoms with Gasteiger partial charge in [0.15, 0.2) is 0 Å². The molecule has 0 bridgehead atoms. The predicted octanol–water partition coefficient (Wildman–Crippen LogP) is 5.94. The Morgan fingerprint density at radius 2 is 1.12 bits per heavy atom. The second-order valence-electron chi connectivity index (χ2n) is 11.7. The molecule has 0 aliphatic carbocycles. The van der Waals surface area contributed by atoms with E-state index in [1.165, 1.54) is 22.7 Å². The number of rotatable bonds is 14. The summed E-state index contributed by atoms with van der Waals surface area (Å²) in [7, 11) is -7.89. The fraction of sp³-hybridized carbons (Fsp3) is 0.189. The second-order valence-corrected chi connectivity index (χ2v) is 15.6. The summed E-state index contributed by atoms with van der Waals surface area (Å²) >= 11 is 0. The average molecular weight is 699 g/mol. The van der Waals surface area contributed by atoms with Gasteiger partial charge < -0.3 is 4.42 Å². The lowest BCUT2D eigenvalue weighted by atomic mass is 10.1. The van der Waals surface area contributed by atoms with E-state index < -0.39 is 32.5 Å². The molecule has 0 unspecified atom stereocenters. The monoisotopic (exact) mass is 698 g/mol. The quantitative estimate of drug-likeness (QED) is 0.113.